The molecule has 0 fully saturated rings. The minimum atomic E-state index is 0.540. The van der Waals surface area contributed by atoms with Gasteiger partial charge in [0, 0.05) is 12.6 Å². The Labute approximate surface area is 96.7 Å². The van der Waals surface area contributed by atoms with Crippen molar-refractivity contribution in [3.05, 3.63) is 30.0 Å². The summed E-state index contributed by atoms with van der Waals surface area (Å²) in [6.07, 6.45) is 4.99. The predicted octanol–water partition coefficient (Wildman–Crippen LogP) is 1.93. The maximum atomic E-state index is 5.35. The first-order valence-corrected chi connectivity index (χ1v) is 5.64. The van der Waals surface area contributed by atoms with E-state index in [0.717, 1.165) is 25.2 Å². The van der Waals surface area contributed by atoms with Gasteiger partial charge in [-0.05, 0) is 26.0 Å². The molecule has 0 spiro atoms. The topological polar surface area (TPSA) is 47.0 Å². The molecule has 0 amide bonds. The monoisotopic (exact) mass is 221 g/mol. The van der Waals surface area contributed by atoms with Crippen molar-refractivity contribution >= 4 is 0 Å². The summed E-state index contributed by atoms with van der Waals surface area (Å²) in [5, 5.41) is 11.3. The van der Waals surface area contributed by atoms with Crippen LogP contribution in [-0.4, -0.2) is 23.3 Å². The molecule has 0 unspecified atom stereocenters. The molecular formula is C12H19N3O. The molecule has 0 atom stereocenters. The zero-order valence-electron chi connectivity index (χ0n) is 9.94. The Morgan fingerprint density at radius 3 is 2.88 bits per heavy atom. The van der Waals surface area contributed by atoms with E-state index < -0.39 is 0 Å². The fourth-order valence-corrected chi connectivity index (χ4v) is 1.14. The Hall–Kier alpha value is -1.42. The molecule has 0 saturated heterocycles. The standard InChI is InChI=1S/C12H19N3O/c1-3-5-9-16-12-7-6-11(14-15-12)10-13-8-4-2/h3,5-7,13H,4,8-10H2,1-2H3. The van der Waals surface area contributed by atoms with Crippen molar-refractivity contribution in [2.75, 3.05) is 13.2 Å². The van der Waals surface area contributed by atoms with Gasteiger partial charge in [-0.15, -0.1) is 5.10 Å². The zero-order valence-corrected chi connectivity index (χ0v) is 9.94. The minimum Gasteiger partial charge on any atom is -0.472 e. The van der Waals surface area contributed by atoms with Crippen molar-refractivity contribution < 1.29 is 4.74 Å². The number of hydrogen-bond acceptors (Lipinski definition) is 4. The second-order valence-corrected chi connectivity index (χ2v) is 3.42. The number of rotatable bonds is 7. The van der Waals surface area contributed by atoms with Crippen LogP contribution < -0.4 is 10.1 Å². The van der Waals surface area contributed by atoms with E-state index in [1.165, 1.54) is 0 Å². The summed E-state index contributed by atoms with van der Waals surface area (Å²) < 4.78 is 5.35. The first-order chi connectivity index (χ1) is 7.86. The van der Waals surface area contributed by atoms with E-state index in [-0.39, 0.29) is 0 Å². The van der Waals surface area contributed by atoms with Crippen LogP contribution in [0.15, 0.2) is 24.3 Å². The van der Waals surface area contributed by atoms with Gasteiger partial charge in [0.25, 0.3) is 0 Å². The van der Waals surface area contributed by atoms with E-state index in [2.05, 4.69) is 22.4 Å². The Morgan fingerprint density at radius 2 is 2.25 bits per heavy atom. The van der Waals surface area contributed by atoms with Crippen LogP contribution in [-0.2, 0) is 6.54 Å². The van der Waals surface area contributed by atoms with E-state index in [1.54, 1.807) is 0 Å². The van der Waals surface area contributed by atoms with Crippen LogP contribution in [0.25, 0.3) is 0 Å². The van der Waals surface area contributed by atoms with Crippen molar-refractivity contribution in [1.82, 2.24) is 15.5 Å². The fourth-order valence-electron chi connectivity index (χ4n) is 1.14. The smallest absolute Gasteiger partial charge is 0.233 e. The molecule has 0 aromatic carbocycles. The number of nitrogens with one attached hydrogen (secondary N) is 1. The summed E-state index contributed by atoms with van der Waals surface area (Å²) >= 11 is 0. The summed E-state index contributed by atoms with van der Waals surface area (Å²) in [5.41, 5.74) is 0.937. The molecule has 1 heterocycles. The molecule has 0 saturated carbocycles. The summed E-state index contributed by atoms with van der Waals surface area (Å²) in [4.78, 5) is 0. The normalized spacial score (nSPS) is 10.9. The Kier molecular flexibility index (Phi) is 6.18. The second kappa shape index (κ2) is 7.82. The summed E-state index contributed by atoms with van der Waals surface area (Å²) in [6.45, 7) is 6.39. The van der Waals surface area contributed by atoms with Gasteiger partial charge in [0.2, 0.25) is 5.88 Å². The quantitative estimate of drug-likeness (QED) is 0.564. The van der Waals surface area contributed by atoms with Crippen molar-refractivity contribution in [3.63, 3.8) is 0 Å². The molecule has 1 aromatic heterocycles. The van der Waals surface area contributed by atoms with E-state index in [0.29, 0.717) is 12.5 Å². The maximum absolute atomic E-state index is 5.35. The van der Waals surface area contributed by atoms with Gasteiger partial charge >= 0.3 is 0 Å². The van der Waals surface area contributed by atoms with Crippen molar-refractivity contribution in [3.8, 4) is 5.88 Å². The lowest BCUT2D eigenvalue weighted by Gasteiger charge is -2.03. The Balaban J connectivity index is 2.35. The lowest BCUT2D eigenvalue weighted by atomic mass is 10.3. The molecule has 4 nitrogen and oxygen atoms in total. The van der Waals surface area contributed by atoms with E-state index >= 15 is 0 Å². The molecule has 0 aliphatic heterocycles. The summed E-state index contributed by atoms with van der Waals surface area (Å²) in [5.74, 6) is 0.567. The molecule has 0 bridgehead atoms. The van der Waals surface area contributed by atoms with Crippen LogP contribution >= 0.6 is 0 Å². The molecule has 0 aliphatic carbocycles. The van der Waals surface area contributed by atoms with Crippen LogP contribution in [0, 0.1) is 0 Å². The third kappa shape index (κ3) is 4.89. The van der Waals surface area contributed by atoms with Crippen LogP contribution in [0.4, 0.5) is 0 Å². The fraction of sp³-hybridized carbons (Fsp3) is 0.500. The highest BCUT2D eigenvalue weighted by Gasteiger charge is 1.97. The predicted molar refractivity (Wildman–Crippen MR) is 64.3 cm³/mol. The Morgan fingerprint density at radius 1 is 1.38 bits per heavy atom. The lowest BCUT2D eigenvalue weighted by molar-refractivity contribution is 0.343. The van der Waals surface area contributed by atoms with Crippen LogP contribution in [0.2, 0.25) is 0 Å². The van der Waals surface area contributed by atoms with Crippen LogP contribution in [0.1, 0.15) is 26.0 Å². The minimum absolute atomic E-state index is 0.540. The van der Waals surface area contributed by atoms with Gasteiger partial charge in [0.1, 0.15) is 6.61 Å². The molecule has 4 heteroatoms. The van der Waals surface area contributed by atoms with Crippen molar-refractivity contribution in [1.29, 1.82) is 0 Å². The molecule has 0 radical (unpaired) electrons. The molecule has 16 heavy (non-hydrogen) atoms. The summed E-state index contributed by atoms with van der Waals surface area (Å²) in [7, 11) is 0. The lowest BCUT2D eigenvalue weighted by Crippen LogP contribution is -2.15. The van der Waals surface area contributed by atoms with Crippen molar-refractivity contribution in [2.24, 2.45) is 0 Å². The number of ether oxygens (including phenoxy) is 1. The number of nitrogens with zero attached hydrogens (tertiary/aromatic N) is 2. The van der Waals surface area contributed by atoms with Gasteiger partial charge < -0.3 is 10.1 Å². The average Bonchev–Trinajstić information content (AvgIpc) is 2.32. The molecule has 88 valence electrons. The van der Waals surface area contributed by atoms with E-state index in [1.807, 2.05) is 31.2 Å². The largest absolute Gasteiger partial charge is 0.472 e. The maximum Gasteiger partial charge on any atom is 0.233 e. The van der Waals surface area contributed by atoms with E-state index in [9.17, 15) is 0 Å². The van der Waals surface area contributed by atoms with Gasteiger partial charge in [-0.3, -0.25) is 0 Å². The van der Waals surface area contributed by atoms with Gasteiger partial charge in [-0.1, -0.05) is 19.1 Å². The van der Waals surface area contributed by atoms with E-state index in [4.69, 9.17) is 4.74 Å². The van der Waals surface area contributed by atoms with Crippen LogP contribution in [0.5, 0.6) is 5.88 Å². The van der Waals surface area contributed by atoms with Crippen LogP contribution in [0.3, 0.4) is 0 Å². The zero-order chi connectivity index (χ0) is 11.6. The summed E-state index contributed by atoms with van der Waals surface area (Å²) in [6, 6.07) is 3.78. The highest BCUT2D eigenvalue weighted by molar-refractivity contribution is 5.11. The third-order valence-electron chi connectivity index (χ3n) is 1.99. The first-order valence-electron chi connectivity index (χ1n) is 5.64. The Bertz CT molecular complexity index is 309. The van der Waals surface area contributed by atoms with Gasteiger partial charge in [-0.2, -0.15) is 5.10 Å². The number of allylic oxidation sites excluding steroid dienone is 1. The molecular weight excluding hydrogens is 202 g/mol. The highest BCUT2D eigenvalue weighted by atomic mass is 16.5. The SMILES string of the molecule is CC=CCOc1ccc(CNCCC)nn1. The number of hydrogen-bond donors (Lipinski definition) is 1. The first kappa shape index (κ1) is 12.6. The van der Waals surface area contributed by atoms with Gasteiger partial charge in [0.15, 0.2) is 0 Å². The highest BCUT2D eigenvalue weighted by Crippen LogP contribution is 2.04. The van der Waals surface area contributed by atoms with Gasteiger partial charge in [-0.25, -0.2) is 0 Å². The average molecular weight is 221 g/mol. The van der Waals surface area contributed by atoms with Crippen molar-refractivity contribution in [2.45, 2.75) is 26.8 Å². The molecule has 1 rings (SSSR count). The molecule has 0 aliphatic rings. The van der Waals surface area contributed by atoms with Gasteiger partial charge in [0.05, 0.1) is 5.69 Å². The second-order valence-electron chi connectivity index (χ2n) is 3.42. The molecule has 1 aromatic rings. The number of aromatic nitrogens is 2. The molecule has 1 N–H and O–H groups in total. The third-order valence-corrected chi connectivity index (χ3v) is 1.99.